The molecule has 0 amide bonds. The Morgan fingerprint density at radius 3 is 2.60 bits per heavy atom. The number of anilines is 1. The van der Waals surface area contributed by atoms with Gasteiger partial charge >= 0.3 is 17.6 Å². The number of halogens is 7. The molecule has 1 aliphatic carbocycles. The largest absolute Gasteiger partial charge is 0.400 e. The number of hydrogen-bond acceptors (Lipinski definition) is 8. The Hall–Kier alpha value is -3.63. The van der Waals surface area contributed by atoms with Gasteiger partial charge in [0.2, 0.25) is 5.95 Å². The van der Waals surface area contributed by atoms with Gasteiger partial charge in [0.1, 0.15) is 5.82 Å². The van der Waals surface area contributed by atoms with Gasteiger partial charge in [-0.05, 0) is 29.2 Å². The number of benzene rings is 1. The SMILES string of the molecule is CN1C=C2C=C(Nc3nc(=O)n(C/C(N)=C/SCC(F)(F)F)c(=O)n3Cc3cc(F)c(F)cc3F)C(Cl)=CC2N1. The summed E-state index contributed by atoms with van der Waals surface area (Å²) < 4.78 is 80.5. The minimum Gasteiger partial charge on any atom is -0.400 e. The van der Waals surface area contributed by atoms with Crippen molar-refractivity contribution in [3.05, 3.63) is 102 Å². The molecule has 1 atom stereocenters. The number of thioether (sulfide) groups is 1. The van der Waals surface area contributed by atoms with Crippen LogP contribution >= 0.6 is 23.4 Å². The van der Waals surface area contributed by atoms with Crippen molar-refractivity contribution in [3.8, 4) is 0 Å². The minimum atomic E-state index is -4.47. The maximum Gasteiger partial charge on any atom is 0.398 e. The predicted molar refractivity (Wildman–Crippen MR) is 137 cm³/mol. The molecule has 9 nitrogen and oxygen atoms in total. The zero-order valence-electron chi connectivity index (χ0n) is 20.4. The number of alkyl halides is 3. The summed E-state index contributed by atoms with van der Waals surface area (Å²) in [5.41, 5.74) is 6.82. The number of hydrogen-bond donors (Lipinski definition) is 3. The number of nitrogens with zero attached hydrogens (tertiary/aromatic N) is 4. The molecule has 4 N–H and O–H groups in total. The van der Waals surface area contributed by atoms with Gasteiger partial charge in [0.25, 0.3) is 0 Å². The third-order valence-corrected chi connectivity index (χ3v) is 6.86. The van der Waals surface area contributed by atoms with Gasteiger partial charge in [0, 0.05) is 30.6 Å². The van der Waals surface area contributed by atoms with Crippen LogP contribution in [-0.2, 0) is 13.1 Å². The fourth-order valence-electron chi connectivity index (χ4n) is 3.80. The molecule has 2 aromatic rings. The van der Waals surface area contributed by atoms with Crippen molar-refractivity contribution in [2.45, 2.75) is 25.3 Å². The molecule has 0 saturated carbocycles. The van der Waals surface area contributed by atoms with Crippen molar-refractivity contribution in [2.75, 3.05) is 18.1 Å². The van der Waals surface area contributed by atoms with E-state index in [1.165, 1.54) is 0 Å². The highest BCUT2D eigenvalue weighted by atomic mass is 35.5. The molecule has 0 radical (unpaired) electrons. The summed E-state index contributed by atoms with van der Waals surface area (Å²) in [5.74, 6) is -5.69. The molecular weight excluding hydrogens is 588 g/mol. The maximum absolute atomic E-state index is 14.5. The van der Waals surface area contributed by atoms with Gasteiger partial charge in [0.15, 0.2) is 11.6 Å². The van der Waals surface area contributed by atoms with E-state index in [-0.39, 0.29) is 22.5 Å². The third kappa shape index (κ3) is 6.74. The molecule has 0 bridgehead atoms. The van der Waals surface area contributed by atoms with Gasteiger partial charge in [0.05, 0.1) is 35.6 Å². The van der Waals surface area contributed by atoms with Crippen molar-refractivity contribution in [3.63, 3.8) is 0 Å². The molecule has 0 spiro atoms. The standard InChI is InChI=1S/C23H20ClF6N7O2S/c1-35-6-12-3-19(14(24)4-18(12)34-35)32-20-33-21(38)37(8-13(31)9-40-10-23(28,29)30)22(39)36(20)7-11-2-16(26)17(27)5-15(11)25/h2-6,9,18,34H,7-8,10,31H2,1H3,(H,32,33,38)/b13-9-. The summed E-state index contributed by atoms with van der Waals surface area (Å²) in [7, 11) is 1.75. The minimum absolute atomic E-state index is 0.183. The average Bonchev–Trinajstić information content (AvgIpc) is 3.20. The van der Waals surface area contributed by atoms with Gasteiger partial charge in [-0.25, -0.2) is 32.8 Å². The van der Waals surface area contributed by atoms with Crippen LogP contribution in [0.2, 0.25) is 0 Å². The molecule has 4 rings (SSSR count). The van der Waals surface area contributed by atoms with Crippen LogP contribution in [0.3, 0.4) is 0 Å². The first-order chi connectivity index (χ1) is 18.7. The lowest BCUT2D eigenvalue weighted by molar-refractivity contribution is -0.105. The Balaban J connectivity index is 1.75. The third-order valence-electron chi connectivity index (χ3n) is 5.56. The predicted octanol–water partition coefficient (Wildman–Crippen LogP) is 3.10. The number of nitrogens with one attached hydrogen (secondary N) is 2. The molecule has 0 saturated heterocycles. The summed E-state index contributed by atoms with van der Waals surface area (Å²) in [4.78, 5) is 30.0. The maximum atomic E-state index is 14.5. The highest BCUT2D eigenvalue weighted by Crippen LogP contribution is 2.29. The van der Waals surface area contributed by atoms with E-state index in [9.17, 15) is 35.9 Å². The van der Waals surface area contributed by atoms with Crippen LogP contribution in [0.5, 0.6) is 0 Å². The Kier molecular flexibility index (Phi) is 8.41. The van der Waals surface area contributed by atoms with E-state index in [1.54, 1.807) is 30.4 Å². The van der Waals surface area contributed by atoms with Gasteiger partial charge in [-0.1, -0.05) is 11.6 Å². The molecular formula is C23H20ClF6N7O2S. The van der Waals surface area contributed by atoms with Crippen LogP contribution in [0.4, 0.5) is 32.3 Å². The Bertz CT molecular complexity index is 1580. The molecule has 2 heterocycles. The van der Waals surface area contributed by atoms with Crippen LogP contribution in [0.15, 0.2) is 67.5 Å². The second kappa shape index (κ2) is 11.5. The molecule has 214 valence electrons. The lowest BCUT2D eigenvalue weighted by Crippen LogP contribution is -2.44. The fraction of sp³-hybridized carbons (Fsp3) is 0.261. The number of rotatable bonds is 8. The van der Waals surface area contributed by atoms with E-state index in [4.69, 9.17) is 17.3 Å². The van der Waals surface area contributed by atoms with Crippen LogP contribution in [0.1, 0.15) is 5.56 Å². The topological polar surface area (TPSA) is 110 Å². The first-order valence-corrected chi connectivity index (χ1v) is 12.7. The number of aromatic nitrogens is 3. The number of hydrazine groups is 1. The van der Waals surface area contributed by atoms with E-state index in [1.807, 2.05) is 0 Å². The molecule has 17 heteroatoms. The Labute approximate surface area is 231 Å². The zero-order chi connectivity index (χ0) is 29.4. The van der Waals surface area contributed by atoms with Crippen LogP contribution < -0.4 is 27.9 Å². The molecule has 1 aromatic heterocycles. The van der Waals surface area contributed by atoms with Crippen molar-refractivity contribution < 1.29 is 26.3 Å². The molecule has 40 heavy (non-hydrogen) atoms. The van der Waals surface area contributed by atoms with Gasteiger partial charge in [-0.15, -0.1) is 11.8 Å². The van der Waals surface area contributed by atoms with E-state index < -0.39 is 65.4 Å². The van der Waals surface area contributed by atoms with Gasteiger partial charge < -0.3 is 16.1 Å². The molecule has 2 aliphatic rings. The smallest absolute Gasteiger partial charge is 0.398 e. The quantitative estimate of drug-likeness (QED) is 0.310. The number of fused-ring (bicyclic) bond motifs is 1. The summed E-state index contributed by atoms with van der Waals surface area (Å²) in [6.07, 6.45) is 0.537. The molecule has 1 aromatic carbocycles. The first kappa shape index (κ1) is 29.4. The monoisotopic (exact) mass is 607 g/mol. The Morgan fingerprint density at radius 1 is 1.20 bits per heavy atom. The van der Waals surface area contributed by atoms with Gasteiger partial charge in [-0.3, -0.25) is 4.57 Å². The number of nitrogens with two attached hydrogens (primary N) is 1. The zero-order valence-corrected chi connectivity index (χ0v) is 22.0. The summed E-state index contributed by atoms with van der Waals surface area (Å²) in [6, 6.07) is 0.595. The lowest BCUT2D eigenvalue weighted by atomic mass is 10.0. The summed E-state index contributed by atoms with van der Waals surface area (Å²) in [6.45, 7) is -1.36. The highest BCUT2D eigenvalue weighted by molar-refractivity contribution is 8.02. The van der Waals surface area contributed by atoms with Crippen molar-refractivity contribution in [1.82, 2.24) is 24.6 Å². The second-order valence-corrected chi connectivity index (χ2v) is 9.96. The Morgan fingerprint density at radius 2 is 1.90 bits per heavy atom. The normalized spacial score (nSPS) is 17.4. The lowest BCUT2D eigenvalue weighted by Gasteiger charge is -2.21. The van der Waals surface area contributed by atoms with Gasteiger partial charge in [-0.2, -0.15) is 18.2 Å². The summed E-state index contributed by atoms with van der Waals surface area (Å²) in [5, 5.41) is 5.55. The van der Waals surface area contributed by atoms with E-state index in [2.05, 4.69) is 15.7 Å². The first-order valence-electron chi connectivity index (χ1n) is 11.3. The second-order valence-electron chi connectivity index (χ2n) is 8.69. The van der Waals surface area contributed by atoms with E-state index >= 15 is 0 Å². The molecule has 0 fully saturated rings. The van der Waals surface area contributed by atoms with Crippen molar-refractivity contribution in [1.29, 1.82) is 0 Å². The van der Waals surface area contributed by atoms with Crippen LogP contribution in [-0.4, -0.2) is 44.1 Å². The van der Waals surface area contributed by atoms with Crippen LogP contribution in [0.25, 0.3) is 0 Å². The average molecular weight is 608 g/mol. The molecule has 1 aliphatic heterocycles. The molecule has 1 unspecified atom stereocenters. The van der Waals surface area contributed by atoms with Crippen molar-refractivity contribution in [2.24, 2.45) is 5.73 Å². The highest BCUT2D eigenvalue weighted by Gasteiger charge is 2.27. The summed E-state index contributed by atoms with van der Waals surface area (Å²) >= 11 is 6.68. The number of allylic oxidation sites excluding steroid dienone is 2. The van der Waals surface area contributed by atoms with Crippen molar-refractivity contribution >= 4 is 29.3 Å². The van der Waals surface area contributed by atoms with E-state index in [0.29, 0.717) is 28.5 Å². The van der Waals surface area contributed by atoms with Crippen LogP contribution in [0, 0.1) is 17.5 Å². The van der Waals surface area contributed by atoms with E-state index in [0.717, 1.165) is 15.5 Å². The fourth-order valence-corrected chi connectivity index (χ4v) is 4.59.